The van der Waals surface area contributed by atoms with Crippen LogP contribution in [0.2, 0.25) is 0 Å². The van der Waals surface area contributed by atoms with Gasteiger partial charge in [-0.2, -0.15) is 5.26 Å². The fraction of sp³-hybridized carbons (Fsp3) is 0.385. The van der Waals surface area contributed by atoms with Gasteiger partial charge >= 0.3 is 0 Å². The minimum Gasteiger partial charge on any atom is -0.384 e. The molecule has 0 fully saturated rings. The van der Waals surface area contributed by atoms with E-state index in [-0.39, 0.29) is 5.91 Å². The first-order valence-corrected chi connectivity index (χ1v) is 6.67. The molecule has 18 heavy (non-hydrogen) atoms. The molecule has 0 aliphatic heterocycles. The van der Waals surface area contributed by atoms with Crippen molar-refractivity contribution < 1.29 is 4.79 Å². The number of carbonyl (C=O) groups excluding carboxylic acids is 1. The molecule has 0 spiro atoms. The van der Waals surface area contributed by atoms with Crippen molar-refractivity contribution in [2.75, 3.05) is 18.4 Å². The zero-order valence-corrected chi connectivity index (χ0v) is 11.9. The highest BCUT2D eigenvalue weighted by atomic mass is 79.9. The Morgan fingerprint density at radius 2 is 2.22 bits per heavy atom. The lowest BCUT2D eigenvalue weighted by atomic mass is 10.2. The van der Waals surface area contributed by atoms with Crippen molar-refractivity contribution in [3.63, 3.8) is 0 Å². The summed E-state index contributed by atoms with van der Waals surface area (Å²) in [4.78, 5) is 11.4. The van der Waals surface area contributed by atoms with Crippen molar-refractivity contribution in [2.24, 2.45) is 0 Å². The van der Waals surface area contributed by atoms with Crippen LogP contribution in [0.5, 0.6) is 0 Å². The van der Waals surface area contributed by atoms with Gasteiger partial charge in [0.05, 0.1) is 11.6 Å². The fourth-order valence-electron chi connectivity index (χ4n) is 1.39. The summed E-state index contributed by atoms with van der Waals surface area (Å²) in [6.45, 7) is 3.31. The molecule has 1 aromatic rings. The lowest BCUT2D eigenvalue weighted by molar-refractivity contribution is -0.120. The van der Waals surface area contributed by atoms with Gasteiger partial charge in [-0.25, -0.2) is 0 Å². The molecule has 0 bridgehead atoms. The molecule has 4 nitrogen and oxygen atoms in total. The number of halogens is 1. The number of nitriles is 1. The first-order chi connectivity index (χ1) is 8.67. The molecular weight excluding hydrogens is 294 g/mol. The van der Waals surface area contributed by atoms with Gasteiger partial charge in [-0.3, -0.25) is 4.79 Å². The lowest BCUT2D eigenvalue weighted by Crippen LogP contribution is -2.25. The maximum Gasteiger partial charge on any atom is 0.221 e. The summed E-state index contributed by atoms with van der Waals surface area (Å²) in [6.07, 6.45) is 1.38. The first kappa shape index (κ1) is 14.5. The Hall–Kier alpha value is -1.54. The third-order valence-electron chi connectivity index (χ3n) is 2.34. The molecule has 0 heterocycles. The van der Waals surface area contributed by atoms with Crippen molar-refractivity contribution in [3.05, 3.63) is 28.2 Å². The van der Waals surface area contributed by atoms with Crippen LogP contribution < -0.4 is 10.6 Å². The third kappa shape index (κ3) is 4.76. The third-order valence-corrected chi connectivity index (χ3v) is 2.99. The van der Waals surface area contributed by atoms with Gasteiger partial charge in [-0.15, -0.1) is 0 Å². The van der Waals surface area contributed by atoms with E-state index >= 15 is 0 Å². The summed E-state index contributed by atoms with van der Waals surface area (Å²) in [5.74, 6) is 0.0501. The van der Waals surface area contributed by atoms with Crippen molar-refractivity contribution in [1.29, 1.82) is 5.26 Å². The average molecular weight is 310 g/mol. The van der Waals surface area contributed by atoms with Gasteiger partial charge in [0, 0.05) is 29.7 Å². The van der Waals surface area contributed by atoms with E-state index in [0.717, 1.165) is 23.1 Å². The van der Waals surface area contributed by atoms with E-state index in [1.165, 1.54) is 0 Å². The Balaban J connectivity index is 2.40. The number of amides is 1. The molecule has 96 valence electrons. The molecule has 1 rings (SSSR count). The van der Waals surface area contributed by atoms with Crippen LogP contribution in [0.3, 0.4) is 0 Å². The van der Waals surface area contributed by atoms with Gasteiger partial charge < -0.3 is 10.6 Å². The second kappa shape index (κ2) is 7.72. The molecule has 0 aromatic heterocycles. The Morgan fingerprint density at radius 1 is 1.44 bits per heavy atom. The van der Waals surface area contributed by atoms with Crippen LogP contribution in [0.4, 0.5) is 5.69 Å². The molecule has 0 atom stereocenters. The summed E-state index contributed by atoms with van der Waals surface area (Å²) in [5, 5.41) is 14.7. The standard InChI is InChI=1S/C13H16BrN3O/c1-2-6-17-13(18)5-7-16-12-4-3-10(9-15)8-11(12)14/h3-4,8,16H,2,5-7H2,1H3,(H,17,18). The molecule has 5 heteroatoms. The Morgan fingerprint density at radius 3 is 2.83 bits per heavy atom. The maximum atomic E-state index is 11.4. The van der Waals surface area contributed by atoms with Crippen LogP contribution in [-0.2, 0) is 4.79 Å². The average Bonchev–Trinajstić information content (AvgIpc) is 2.38. The highest BCUT2D eigenvalue weighted by molar-refractivity contribution is 9.10. The predicted molar refractivity (Wildman–Crippen MR) is 75.3 cm³/mol. The molecule has 2 N–H and O–H groups in total. The van der Waals surface area contributed by atoms with E-state index in [1.807, 2.05) is 13.0 Å². The smallest absolute Gasteiger partial charge is 0.221 e. The van der Waals surface area contributed by atoms with Gasteiger partial charge in [0.25, 0.3) is 0 Å². The van der Waals surface area contributed by atoms with E-state index < -0.39 is 0 Å². The van der Waals surface area contributed by atoms with Crippen LogP contribution in [-0.4, -0.2) is 19.0 Å². The minimum atomic E-state index is 0.0501. The molecule has 0 unspecified atom stereocenters. The Labute approximate surface area is 116 Å². The fourth-order valence-corrected chi connectivity index (χ4v) is 1.91. The van der Waals surface area contributed by atoms with Crippen molar-refractivity contribution in [1.82, 2.24) is 5.32 Å². The molecule has 0 saturated carbocycles. The van der Waals surface area contributed by atoms with E-state index in [0.29, 0.717) is 18.5 Å². The molecule has 0 radical (unpaired) electrons. The number of hydrogen-bond acceptors (Lipinski definition) is 3. The number of anilines is 1. The predicted octanol–water partition coefficient (Wildman–Crippen LogP) is 2.65. The van der Waals surface area contributed by atoms with Gasteiger partial charge in [-0.05, 0) is 40.5 Å². The monoisotopic (exact) mass is 309 g/mol. The number of nitrogens with zero attached hydrogens (tertiary/aromatic N) is 1. The molecule has 0 aliphatic rings. The summed E-state index contributed by atoms with van der Waals surface area (Å²) in [6, 6.07) is 7.39. The second-order valence-corrected chi connectivity index (χ2v) is 4.69. The summed E-state index contributed by atoms with van der Waals surface area (Å²) in [5.41, 5.74) is 1.49. The molecule has 0 aliphatic carbocycles. The topological polar surface area (TPSA) is 64.9 Å². The maximum absolute atomic E-state index is 11.4. The van der Waals surface area contributed by atoms with Crippen molar-refractivity contribution >= 4 is 27.5 Å². The van der Waals surface area contributed by atoms with E-state index in [4.69, 9.17) is 5.26 Å². The van der Waals surface area contributed by atoms with Gasteiger partial charge in [0.2, 0.25) is 5.91 Å². The first-order valence-electron chi connectivity index (χ1n) is 5.87. The molecule has 0 saturated heterocycles. The Bertz CT molecular complexity index is 454. The number of benzene rings is 1. The minimum absolute atomic E-state index is 0.0501. The SMILES string of the molecule is CCCNC(=O)CCNc1ccc(C#N)cc1Br. The van der Waals surface area contributed by atoms with Gasteiger partial charge in [0.1, 0.15) is 0 Å². The quantitative estimate of drug-likeness (QED) is 0.849. The van der Waals surface area contributed by atoms with Crippen LogP contribution in [0.25, 0.3) is 0 Å². The van der Waals surface area contributed by atoms with Gasteiger partial charge in [-0.1, -0.05) is 6.92 Å². The number of nitrogens with one attached hydrogen (secondary N) is 2. The zero-order chi connectivity index (χ0) is 13.4. The summed E-state index contributed by atoms with van der Waals surface area (Å²) >= 11 is 3.38. The Kier molecular flexibility index (Phi) is 6.23. The van der Waals surface area contributed by atoms with E-state index in [2.05, 4.69) is 32.6 Å². The van der Waals surface area contributed by atoms with Crippen LogP contribution in [0.1, 0.15) is 25.3 Å². The highest BCUT2D eigenvalue weighted by Gasteiger charge is 2.03. The zero-order valence-electron chi connectivity index (χ0n) is 10.3. The van der Waals surface area contributed by atoms with Crippen molar-refractivity contribution in [3.8, 4) is 6.07 Å². The summed E-state index contributed by atoms with van der Waals surface area (Å²) in [7, 11) is 0. The van der Waals surface area contributed by atoms with Crippen LogP contribution in [0.15, 0.2) is 22.7 Å². The summed E-state index contributed by atoms with van der Waals surface area (Å²) < 4.78 is 0.829. The normalized spacial score (nSPS) is 9.61. The largest absolute Gasteiger partial charge is 0.384 e. The van der Waals surface area contributed by atoms with E-state index in [9.17, 15) is 4.79 Å². The lowest BCUT2D eigenvalue weighted by Gasteiger charge is -2.08. The number of carbonyl (C=O) groups is 1. The molecule has 1 aromatic carbocycles. The number of rotatable bonds is 6. The number of hydrogen-bond donors (Lipinski definition) is 2. The second-order valence-electron chi connectivity index (χ2n) is 3.83. The molecular formula is C13H16BrN3O. The van der Waals surface area contributed by atoms with Crippen LogP contribution in [0, 0.1) is 11.3 Å². The van der Waals surface area contributed by atoms with E-state index in [1.54, 1.807) is 12.1 Å². The van der Waals surface area contributed by atoms with Gasteiger partial charge in [0.15, 0.2) is 0 Å². The van der Waals surface area contributed by atoms with Crippen LogP contribution >= 0.6 is 15.9 Å². The molecule has 1 amide bonds. The highest BCUT2D eigenvalue weighted by Crippen LogP contribution is 2.23. The van der Waals surface area contributed by atoms with Crippen molar-refractivity contribution in [2.45, 2.75) is 19.8 Å².